The Balaban J connectivity index is 3.20. The van der Waals surface area contributed by atoms with Crippen LogP contribution in [0.15, 0.2) is 5.16 Å². The molecule has 1 aromatic rings. The third-order valence-electron chi connectivity index (χ3n) is 2.09. The minimum atomic E-state index is -3.51. The zero-order valence-corrected chi connectivity index (χ0v) is 10.7. The lowest BCUT2D eigenvalue weighted by atomic mass is 10.3. The van der Waals surface area contributed by atoms with E-state index in [0.29, 0.717) is 12.8 Å². The third-order valence-corrected chi connectivity index (χ3v) is 3.76. The Labute approximate surface area is 99.9 Å². The molecule has 0 fully saturated rings. The number of aromatic nitrogens is 3. The zero-order chi connectivity index (χ0) is 13.1. The first-order valence-corrected chi connectivity index (χ1v) is 7.06. The molecule has 7 nitrogen and oxygen atoms in total. The van der Waals surface area contributed by atoms with Crippen LogP contribution in [0.3, 0.4) is 0 Å². The first-order valence-electron chi connectivity index (χ1n) is 5.40. The van der Waals surface area contributed by atoms with Gasteiger partial charge in [-0.1, -0.05) is 13.8 Å². The number of hydrogen-bond donors (Lipinski definition) is 1. The molecule has 17 heavy (non-hydrogen) atoms. The van der Waals surface area contributed by atoms with Crippen molar-refractivity contribution < 1.29 is 13.2 Å². The van der Waals surface area contributed by atoms with Crippen molar-refractivity contribution in [1.82, 2.24) is 14.8 Å². The lowest BCUT2D eigenvalue weighted by molar-refractivity contribution is 0.246. The van der Waals surface area contributed by atoms with Crippen molar-refractivity contribution in [2.45, 2.75) is 38.3 Å². The summed E-state index contributed by atoms with van der Waals surface area (Å²) in [4.78, 5) is 15.0. The Hall–Kier alpha value is -1.44. The van der Waals surface area contributed by atoms with Crippen molar-refractivity contribution >= 4 is 15.9 Å². The molecule has 0 aliphatic rings. The van der Waals surface area contributed by atoms with Gasteiger partial charge >= 0.3 is 6.03 Å². The standard InChI is InChI=1S/C9H16N4O3S/c1-3-5-7-11-9(12-13(7)8(10)14)17(15,16)6-4-2/h3-6H2,1-2H3,(H2,10,14). The highest BCUT2D eigenvalue weighted by atomic mass is 32.2. The summed E-state index contributed by atoms with van der Waals surface area (Å²) in [5.74, 6) is 0.246. The summed E-state index contributed by atoms with van der Waals surface area (Å²) in [5.41, 5.74) is 5.10. The number of sulfone groups is 1. The monoisotopic (exact) mass is 260 g/mol. The van der Waals surface area contributed by atoms with Gasteiger partial charge in [0.2, 0.25) is 9.84 Å². The van der Waals surface area contributed by atoms with E-state index in [0.717, 1.165) is 11.1 Å². The van der Waals surface area contributed by atoms with Gasteiger partial charge < -0.3 is 5.73 Å². The van der Waals surface area contributed by atoms with Crippen LogP contribution >= 0.6 is 0 Å². The summed E-state index contributed by atoms with van der Waals surface area (Å²) in [6.07, 6.45) is 1.65. The summed E-state index contributed by atoms with van der Waals surface area (Å²) >= 11 is 0. The first kappa shape index (κ1) is 13.6. The van der Waals surface area contributed by atoms with E-state index in [2.05, 4.69) is 10.1 Å². The summed E-state index contributed by atoms with van der Waals surface area (Å²) < 4.78 is 24.3. The Morgan fingerprint density at radius 2 is 2.00 bits per heavy atom. The molecule has 1 heterocycles. The van der Waals surface area contributed by atoms with Gasteiger partial charge in [-0.05, 0) is 12.8 Å². The average Bonchev–Trinajstić information content (AvgIpc) is 2.63. The summed E-state index contributed by atoms with van der Waals surface area (Å²) in [6.45, 7) is 3.63. The van der Waals surface area contributed by atoms with Crippen molar-refractivity contribution in [1.29, 1.82) is 0 Å². The van der Waals surface area contributed by atoms with Crippen molar-refractivity contribution in [2.75, 3.05) is 5.75 Å². The van der Waals surface area contributed by atoms with Gasteiger partial charge in [-0.15, -0.1) is 5.10 Å². The van der Waals surface area contributed by atoms with Crippen LogP contribution in [0.4, 0.5) is 4.79 Å². The number of hydrogen-bond acceptors (Lipinski definition) is 5. The molecule has 0 atom stereocenters. The SMILES string of the molecule is CCCc1nc(S(=O)(=O)CCC)nn1C(N)=O. The van der Waals surface area contributed by atoms with Gasteiger partial charge in [-0.3, -0.25) is 0 Å². The number of nitrogens with zero attached hydrogens (tertiary/aromatic N) is 3. The minimum absolute atomic E-state index is 0.0403. The second kappa shape index (κ2) is 5.26. The van der Waals surface area contributed by atoms with Crippen molar-refractivity contribution in [3.63, 3.8) is 0 Å². The summed E-state index contributed by atoms with van der Waals surface area (Å²) in [7, 11) is -3.51. The molecule has 0 aliphatic carbocycles. The van der Waals surface area contributed by atoms with Crippen LogP contribution in [0.1, 0.15) is 32.5 Å². The van der Waals surface area contributed by atoms with E-state index in [4.69, 9.17) is 5.73 Å². The maximum absolute atomic E-state index is 11.7. The molecule has 0 bridgehead atoms. The lowest BCUT2D eigenvalue weighted by Gasteiger charge is -1.97. The van der Waals surface area contributed by atoms with Crippen LogP contribution in [-0.4, -0.2) is 35.0 Å². The van der Waals surface area contributed by atoms with Gasteiger partial charge in [-0.2, -0.15) is 4.68 Å². The van der Waals surface area contributed by atoms with Crippen molar-refractivity contribution in [3.8, 4) is 0 Å². The van der Waals surface area contributed by atoms with Crippen LogP contribution in [0.2, 0.25) is 0 Å². The highest BCUT2D eigenvalue weighted by Crippen LogP contribution is 2.09. The van der Waals surface area contributed by atoms with E-state index in [1.165, 1.54) is 0 Å². The molecule has 0 saturated heterocycles. The van der Waals surface area contributed by atoms with Crippen LogP contribution < -0.4 is 5.73 Å². The molecule has 0 saturated carbocycles. The predicted molar refractivity (Wildman–Crippen MR) is 61.3 cm³/mol. The molecule has 2 N–H and O–H groups in total. The van der Waals surface area contributed by atoms with Crippen molar-refractivity contribution in [3.05, 3.63) is 5.82 Å². The van der Waals surface area contributed by atoms with Crippen molar-refractivity contribution in [2.24, 2.45) is 5.73 Å². The number of amides is 1. The quantitative estimate of drug-likeness (QED) is 0.821. The predicted octanol–water partition coefficient (Wildman–Crippen LogP) is 0.341. The van der Waals surface area contributed by atoms with Gasteiger partial charge in [0.15, 0.2) is 0 Å². The fraction of sp³-hybridized carbons (Fsp3) is 0.667. The number of carbonyl (C=O) groups excluding carboxylic acids is 1. The summed E-state index contributed by atoms with van der Waals surface area (Å²) in [5, 5.41) is 3.34. The Morgan fingerprint density at radius 3 is 2.47 bits per heavy atom. The minimum Gasteiger partial charge on any atom is -0.350 e. The van der Waals surface area contributed by atoms with Gasteiger partial charge in [0.1, 0.15) is 5.82 Å². The smallest absolute Gasteiger partial charge is 0.341 e. The molecule has 0 radical (unpaired) electrons. The molecule has 1 rings (SSSR count). The summed E-state index contributed by atoms with van der Waals surface area (Å²) in [6, 6.07) is -0.820. The molecule has 0 unspecified atom stereocenters. The fourth-order valence-corrected chi connectivity index (χ4v) is 2.55. The molecule has 1 aromatic heterocycles. The van der Waals surface area contributed by atoms with E-state index >= 15 is 0 Å². The van der Waals surface area contributed by atoms with E-state index in [9.17, 15) is 13.2 Å². The second-order valence-electron chi connectivity index (χ2n) is 3.63. The highest BCUT2D eigenvalue weighted by molar-refractivity contribution is 7.91. The maximum Gasteiger partial charge on any atom is 0.341 e. The average molecular weight is 260 g/mol. The Morgan fingerprint density at radius 1 is 1.35 bits per heavy atom. The van der Waals surface area contributed by atoms with Gasteiger partial charge in [0, 0.05) is 6.42 Å². The number of nitrogens with two attached hydrogens (primary N) is 1. The maximum atomic E-state index is 11.7. The van der Waals surface area contributed by atoms with Crippen LogP contribution in [0, 0.1) is 0 Å². The van der Waals surface area contributed by atoms with Crippen LogP contribution in [-0.2, 0) is 16.3 Å². The van der Waals surface area contributed by atoms with Crippen LogP contribution in [0.25, 0.3) is 0 Å². The number of rotatable bonds is 5. The second-order valence-corrected chi connectivity index (χ2v) is 5.63. The lowest BCUT2D eigenvalue weighted by Crippen LogP contribution is -2.23. The normalized spacial score (nSPS) is 11.6. The Bertz CT molecular complexity index is 506. The molecular weight excluding hydrogens is 244 g/mol. The van der Waals surface area contributed by atoms with E-state index in [1.807, 2.05) is 6.92 Å². The molecule has 0 aromatic carbocycles. The first-order chi connectivity index (χ1) is 7.92. The van der Waals surface area contributed by atoms with Crippen LogP contribution in [0.5, 0.6) is 0 Å². The molecule has 0 aliphatic heterocycles. The molecule has 1 amide bonds. The molecule has 96 valence electrons. The number of primary amides is 1. The van der Waals surface area contributed by atoms with Gasteiger partial charge in [-0.25, -0.2) is 18.2 Å². The molecule has 0 spiro atoms. The molecular formula is C9H16N4O3S. The largest absolute Gasteiger partial charge is 0.350 e. The Kier molecular flexibility index (Phi) is 4.22. The van der Waals surface area contributed by atoms with E-state index in [-0.39, 0.29) is 16.7 Å². The fourth-order valence-electron chi connectivity index (χ4n) is 1.38. The van der Waals surface area contributed by atoms with Gasteiger partial charge in [0.25, 0.3) is 5.16 Å². The topological polar surface area (TPSA) is 108 Å². The number of aryl methyl sites for hydroxylation is 1. The number of carbonyl (C=O) groups is 1. The van der Waals surface area contributed by atoms with Gasteiger partial charge in [0.05, 0.1) is 5.75 Å². The highest BCUT2D eigenvalue weighted by Gasteiger charge is 2.22. The molecule has 8 heteroatoms. The van der Waals surface area contributed by atoms with E-state index in [1.54, 1.807) is 6.92 Å². The third kappa shape index (κ3) is 3.02. The van der Waals surface area contributed by atoms with E-state index < -0.39 is 15.9 Å². The zero-order valence-electron chi connectivity index (χ0n) is 9.88.